The molecule has 132 valence electrons. The zero-order valence-corrected chi connectivity index (χ0v) is 15.4. The Morgan fingerprint density at radius 1 is 1.20 bits per heavy atom. The molecule has 1 fully saturated rings. The van der Waals surface area contributed by atoms with Crippen molar-refractivity contribution in [3.63, 3.8) is 0 Å². The molecule has 2 N–H and O–H groups in total. The number of piperidine rings is 1. The second-order valence-electron chi connectivity index (χ2n) is 6.27. The van der Waals surface area contributed by atoms with Crippen molar-refractivity contribution >= 4 is 29.1 Å². The average Bonchev–Trinajstić information content (AvgIpc) is 2.64. The molecule has 1 saturated heterocycles. The van der Waals surface area contributed by atoms with Gasteiger partial charge < -0.3 is 10.6 Å². The summed E-state index contributed by atoms with van der Waals surface area (Å²) in [6.45, 7) is 4.05. The molecule has 5 nitrogen and oxygen atoms in total. The highest BCUT2D eigenvalue weighted by molar-refractivity contribution is 6.42. The molecule has 1 atom stereocenters. The number of nitrogens with zero attached hydrogens (tertiary/aromatic N) is 2. The SMILES string of the molecule is CC(NC(=O)c1cc(-c2ccc(Cl)c(Cl)c2)ncn1)C1CCNCC1. The van der Waals surface area contributed by atoms with Crippen LogP contribution in [0.15, 0.2) is 30.6 Å². The number of halogens is 2. The van der Waals surface area contributed by atoms with Gasteiger partial charge in [-0.3, -0.25) is 4.79 Å². The molecule has 1 amide bonds. The number of benzene rings is 1. The topological polar surface area (TPSA) is 66.9 Å². The van der Waals surface area contributed by atoms with E-state index in [1.807, 2.05) is 6.07 Å². The van der Waals surface area contributed by atoms with Crippen molar-refractivity contribution < 1.29 is 4.79 Å². The standard InChI is InChI=1S/C18H20Cl2N4O/c1-11(12-4-6-21-7-5-12)24-18(25)17-9-16(22-10-23-17)13-2-3-14(19)15(20)8-13/h2-3,8-12,21H,4-7H2,1H3,(H,24,25). The van der Waals surface area contributed by atoms with Gasteiger partial charge in [-0.15, -0.1) is 0 Å². The van der Waals surface area contributed by atoms with Crippen LogP contribution in [0.2, 0.25) is 10.0 Å². The maximum absolute atomic E-state index is 12.5. The van der Waals surface area contributed by atoms with Crippen LogP contribution in [0, 0.1) is 5.92 Å². The molecule has 1 aliphatic rings. The summed E-state index contributed by atoms with van der Waals surface area (Å²) in [5.41, 5.74) is 1.77. The molecule has 7 heteroatoms. The monoisotopic (exact) mass is 378 g/mol. The van der Waals surface area contributed by atoms with Crippen molar-refractivity contribution in [3.05, 3.63) is 46.3 Å². The van der Waals surface area contributed by atoms with Crippen LogP contribution in [0.25, 0.3) is 11.3 Å². The fourth-order valence-electron chi connectivity index (χ4n) is 3.04. The quantitative estimate of drug-likeness (QED) is 0.853. The highest BCUT2D eigenvalue weighted by atomic mass is 35.5. The average molecular weight is 379 g/mol. The third kappa shape index (κ3) is 4.48. The van der Waals surface area contributed by atoms with Crippen molar-refractivity contribution in [2.24, 2.45) is 5.92 Å². The number of nitrogens with one attached hydrogen (secondary N) is 2. The Morgan fingerprint density at radius 3 is 2.68 bits per heavy atom. The van der Waals surface area contributed by atoms with E-state index in [0.29, 0.717) is 27.4 Å². The van der Waals surface area contributed by atoms with Gasteiger partial charge in [0.2, 0.25) is 0 Å². The Hall–Kier alpha value is -1.69. The summed E-state index contributed by atoms with van der Waals surface area (Å²) in [5.74, 6) is 0.302. The van der Waals surface area contributed by atoms with Gasteiger partial charge in [-0.2, -0.15) is 0 Å². The highest BCUT2D eigenvalue weighted by Gasteiger charge is 2.22. The fraction of sp³-hybridized carbons (Fsp3) is 0.389. The zero-order chi connectivity index (χ0) is 17.8. The molecule has 1 aromatic carbocycles. The lowest BCUT2D eigenvalue weighted by Crippen LogP contribution is -2.42. The molecule has 25 heavy (non-hydrogen) atoms. The number of aromatic nitrogens is 2. The van der Waals surface area contributed by atoms with Crippen molar-refractivity contribution in [3.8, 4) is 11.3 Å². The van der Waals surface area contributed by atoms with Crippen molar-refractivity contribution in [1.82, 2.24) is 20.6 Å². The normalized spacial score (nSPS) is 16.4. The number of rotatable bonds is 4. The van der Waals surface area contributed by atoms with E-state index < -0.39 is 0 Å². The fourth-order valence-corrected chi connectivity index (χ4v) is 3.34. The minimum atomic E-state index is -0.185. The minimum absolute atomic E-state index is 0.109. The number of carbonyl (C=O) groups is 1. The summed E-state index contributed by atoms with van der Waals surface area (Å²) < 4.78 is 0. The molecule has 0 bridgehead atoms. The summed E-state index contributed by atoms with van der Waals surface area (Å²) in [6.07, 6.45) is 3.53. The van der Waals surface area contributed by atoms with E-state index in [4.69, 9.17) is 23.2 Å². The molecular formula is C18H20Cl2N4O. The number of amides is 1. The predicted octanol–water partition coefficient (Wildman–Crippen LogP) is 3.57. The largest absolute Gasteiger partial charge is 0.348 e. The Morgan fingerprint density at radius 2 is 1.96 bits per heavy atom. The molecule has 0 aliphatic carbocycles. The van der Waals surface area contributed by atoms with Gasteiger partial charge in [0, 0.05) is 11.6 Å². The molecule has 2 aromatic rings. The van der Waals surface area contributed by atoms with Crippen molar-refractivity contribution in [1.29, 1.82) is 0 Å². The maximum Gasteiger partial charge on any atom is 0.270 e. The number of carbonyl (C=O) groups excluding carboxylic acids is 1. The summed E-state index contributed by atoms with van der Waals surface area (Å²) in [4.78, 5) is 20.9. The molecule has 0 spiro atoms. The molecule has 1 unspecified atom stereocenters. The Labute approximate surface area is 157 Å². The van der Waals surface area contributed by atoms with E-state index in [9.17, 15) is 4.79 Å². The zero-order valence-electron chi connectivity index (χ0n) is 13.9. The van der Waals surface area contributed by atoms with Crippen LogP contribution >= 0.6 is 23.2 Å². The van der Waals surface area contributed by atoms with Gasteiger partial charge in [-0.1, -0.05) is 29.3 Å². The van der Waals surface area contributed by atoms with Gasteiger partial charge in [0.1, 0.15) is 12.0 Å². The maximum atomic E-state index is 12.5. The molecule has 1 aliphatic heterocycles. The summed E-state index contributed by atoms with van der Waals surface area (Å²) in [6, 6.07) is 7.03. The number of hydrogen-bond acceptors (Lipinski definition) is 4. The molecule has 0 saturated carbocycles. The van der Waals surface area contributed by atoms with Crippen LogP contribution in [-0.4, -0.2) is 35.0 Å². The van der Waals surface area contributed by atoms with E-state index in [-0.39, 0.29) is 11.9 Å². The molecule has 2 heterocycles. The van der Waals surface area contributed by atoms with Gasteiger partial charge in [-0.05, 0) is 57.0 Å². The smallest absolute Gasteiger partial charge is 0.270 e. The molecule has 1 aromatic heterocycles. The van der Waals surface area contributed by atoms with Gasteiger partial charge in [0.25, 0.3) is 5.91 Å². The predicted molar refractivity (Wildman–Crippen MR) is 100 cm³/mol. The lowest BCUT2D eigenvalue weighted by Gasteiger charge is -2.28. The lowest BCUT2D eigenvalue weighted by molar-refractivity contribution is 0.0915. The van der Waals surface area contributed by atoms with Crippen LogP contribution in [0.3, 0.4) is 0 Å². The highest BCUT2D eigenvalue weighted by Crippen LogP contribution is 2.27. The molecule has 0 radical (unpaired) electrons. The molecule has 3 rings (SSSR count). The van der Waals surface area contributed by atoms with Gasteiger partial charge >= 0.3 is 0 Å². The van der Waals surface area contributed by atoms with E-state index in [1.54, 1.807) is 18.2 Å². The first-order valence-corrected chi connectivity index (χ1v) is 9.09. The van der Waals surface area contributed by atoms with Crippen LogP contribution in [0.4, 0.5) is 0 Å². The van der Waals surface area contributed by atoms with Crippen molar-refractivity contribution in [2.75, 3.05) is 13.1 Å². The van der Waals surface area contributed by atoms with Crippen LogP contribution in [0.5, 0.6) is 0 Å². The Balaban J connectivity index is 1.73. The van der Waals surface area contributed by atoms with Crippen LogP contribution in [0.1, 0.15) is 30.3 Å². The van der Waals surface area contributed by atoms with Crippen molar-refractivity contribution in [2.45, 2.75) is 25.8 Å². The minimum Gasteiger partial charge on any atom is -0.348 e. The summed E-state index contributed by atoms with van der Waals surface area (Å²) >= 11 is 12.0. The van der Waals surface area contributed by atoms with Crippen LogP contribution in [-0.2, 0) is 0 Å². The first kappa shape index (κ1) is 18.1. The Bertz CT molecular complexity index is 762. The van der Waals surface area contributed by atoms with Gasteiger partial charge in [0.15, 0.2) is 0 Å². The third-order valence-electron chi connectivity index (χ3n) is 4.56. The first-order chi connectivity index (χ1) is 12.0. The van der Waals surface area contributed by atoms with Crippen LogP contribution < -0.4 is 10.6 Å². The third-order valence-corrected chi connectivity index (χ3v) is 5.30. The van der Waals surface area contributed by atoms with E-state index >= 15 is 0 Å². The summed E-state index contributed by atoms with van der Waals surface area (Å²) in [7, 11) is 0. The molecular weight excluding hydrogens is 359 g/mol. The summed E-state index contributed by atoms with van der Waals surface area (Å²) in [5, 5.41) is 7.32. The van der Waals surface area contributed by atoms with E-state index in [2.05, 4.69) is 27.5 Å². The van der Waals surface area contributed by atoms with E-state index in [1.165, 1.54) is 6.33 Å². The van der Waals surface area contributed by atoms with Gasteiger partial charge in [-0.25, -0.2) is 9.97 Å². The lowest BCUT2D eigenvalue weighted by atomic mass is 9.91. The Kier molecular flexibility index (Phi) is 5.89. The second kappa shape index (κ2) is 8.13. The first-order valence-electron chi connectivity index (χ1n) is 8.33. The van der Waals surface area contributed by atoms with E-state index in [0.717, 1.165) is 31.5 Å². The second-order valence-corrected chi connectivity index (χ2v) is 7.08. The van der Waals surface area contributed by atoms with Gasteiger partial charge in [0.05, 0.1) is 15.7 Å². The number of hydrogen-bond donors (Lipinski definition) is 2.